The van der Waals surface area contributed by atoms with Crippen LogP contribution in [-0.2, 0) is 6.54 Å². The third-order valence-electron chi connectivity index (χ3n) is 2.87. The number of halogens is 1. The van der Waals surface area contributed by atoms with E-state index in [1.54, 1.807) is 24.7 Å². The van der Waals surface area contributed by atoms with Crippen LogP contribution in [0, 0.1) is 0 Å². The quantitative estimate of drug-likeness (QED) is 0.775. The van der Waals surface area contributed by atoms with E-state index in [1.165, 1.54) is 4.88 Å². The van der Waals surface area contributed by atoms with Crippen LogP contribution in [0.1, 0.15) is 4.88 Å². The van der Waals surface area contributed by atoms with Gasteiger partial charge in [-0.1, -0.05) is 11.6 Å². The molecule has 2 N–H and O–H groups in total. The fourth-order valence-corrected chi connectivity index (χ4v) is 3.09. The number of hydrogen-bond donors (Lipinski definition) is 2. The van der Waals surface area contributed by atoms with Crippen molar-refractivity contribution in [2.24, 2.45) is 0 Å². The summed E-state index contributed by atoms with van der Waals surface area (Å²) in [6, 6.07) is 3.92. The largest absolute Gasteiger partial charge is 0.357 e. The van der Waals surface area contributed by atoms with Crippen molar-refractivity contribution in [3.63, 3.8) is 0 Å². The summed E-state index contributed by atoms with van der Waals surface area (Å²) in [7, 11) is 3.77. The third kappa shape index (κ3) is 2.41. The molecule has 0 amide bonds. The summed E-state index contributed by atoms with van der Waals surface area (Å²) in [6.07, 6.45) is 1.62. The Balaban J connectivity index is 1.97. The minimum Gasteiger partial charge on any atom is -0.357 e. The zero-order valence-corrected chi connectivity index (χ0v) is 12.6. The number of nitrogens with zero attached hydrogens (tertiary/aromatic N) is 4. The maximum absolute atomic E-state index is 5.96. The van der Waals surface area contributed by atoms with E-state index in [-0.39, 0.29) is 0 Å². The van der Waals surface area contributed by atoms with Crippen molar-refractivity contribution in [1.29, 1.82) is 0 Å². The molecule has 0 bridgehead atoms. The second-order valence-corrected chi connectivity index (χ2v) is 6.08. The lowest BCUT2D eigenvalue weighted by atomic mass is 10.4. The molecule has 3 heterocycles. The van der Waals surface area contributed by atoms with Gasteiger partial charge in [-0.2, -0.15) is 9.97 Å². The lowest BCUT2D eigenvalue weighted by molar-refractivity contribution is 0.913. The Morgan fingerprint density at radius 2 is 2.25 bits per heavy atom. The zero-order valence-electron chi connectivity index (χ0n) is 11.0. The third-order valence-corrected chi connectivity index (χ3v) is 4.09. The Morgan fingerprint density at radius 1 is 1.40 bits per heavy atom. The second kappa shape index (κ2) is 5.26. The predicted octanol–water partition coefficient (Wildman–Crippen LogP) is 2.75. The van der Waals surface area contributed by atoms with Gasteiger partial charge in [0.2, 0.25) is 5.95 Å². The number of aromatic amines is 1. The lowest BCUT2D eigenvalue weighted by Gasteiger charge is -2.18. The summed E-state index contributed by atoms with van der Waals surface area (Å²) in [5.41, 5.74) is 1.48. The van der Waals surface area contributed by atoms with Crippen LogP contribution >= 0.6 is 22.9 Å². The molecule has 8 heteroatoms. The molecule has 0 radical (unpaired) electrons. The van der Waals surface area contributed by atoms with Gasteiger partial charge in [-0.15, -0.1) is 11.3 Å². The minimum absolute atomic E-state index is 0.552. The molecular weight excluding hydrogens is 296 g/mol. The molecule has 0 aliphatic heterocycles. The van der Waals surface area contributed by atoms with Crippen molar-refractivity contribution in [1.82, 2.24) is 19.9 Å². The lowest BCUT2D eigenvalue weighted by Crippen LogP contribution is -2.18. The smallest absolute Gasteiger partial charge is 0.226 e. The van der Waals surface area contributed by atoms with Crippen LogP contribution in [0.4, 0.5) is 11.8 Å². The molecule has 0 fully saturated rings. The number of imidazole rings is 1. The van der Waals surface area contributed by atoms with Crippen LogP contribution < -0.4 is 10.2 Å². The van der Waals surface area contributed by atoms with Crippen LogP contribution in [0.3, 0.4) is 0 Å². The van der Waals surface area contributed by atoms with E-state index >= 15 is 0 Å². The molecule has 0 aliphatic carbocycles. The maximum atomic E-state index is 5.96. The molecule has 6 nitrogen and oxygen atoms in total. The highest BCUT2D eigenvalue weighted by Gasteiger charge is 2.14. The molecule has 0 saturated heterocycles. The van der Waals surface area contributed by atoms with Gasteiger partial charge in [0, 0.05) is 19.0 Å². The Kier molecular flexibility index (Phi) is 3.45. The number of hydrogen-bond acceptors (Lipinski definition) is 6. The summed E-state index contributed by atoms with van der Waals surface area (Å²) < 4.78 is 0.790. The van der Waals surface area contributed by atoms with E-state index in [4.69, 9.17) is 11.6 Å². The zero-order chi connectivity index (χ0) is 14.1. The van der Waals surface area contributed by atoms with Crippen molar-refractivity contribution in [2.45, 2.75) is 6.54 Å². The number of rotatable bonds is 4. The van der Waals surface area contributed by atoms with Gasteiger partial charge in [0.05, 0.1) is 17.2 Å². The molecule has 3 aromatic rings. The normalized spacial score (nSPS) is 10.9. The molecule has 0 aliphatic rings. The van der Waals surface area contributed by atoms with Gasteiger partial charge in [0.15, 0.2) is 11.5 Å². The van der Waals surface area contributed by atoms with Crippen molar-refractivity contribution < 1.29 is 0 Å². The van der Waals surface area contributed by atoms with Gasteiger partial charge >= 0.3 is 0 Å². The van der Waals surface area contributed by atoms with Crippen LogP contribution in [0.25, 0.3) is 11.2 Å². The fourth-order valence-electron chi connectivity index (χ4n) is 1.95. The highest BCUT2D eigenvalue weighted by Crippen LogP contribution is 2.26. The first kappa shape index (κ1) is 13.1. The number of fused-ring (bicyclic) bond motifs is 1. The second-order valence-electron chi connectivity index (χ2n) is 4.28. The standard InChI is InChI=1S/C12H13ClN6S/c1-14-12-17-10-9(15-6-16-10)11(18-12)19(2)5-7-3-4-8(13)20-7/h3-4,6H,5H2,1-2H3,(H2,14,15,16,17,18). The van der Waals surface area contributed by atoms with Gasteiger partial charge in [-0.05, 0) is 12.1 Å². The Morgan fingerprint density at radius 3 is 2.95 bits per heavy atom. The molecule has 0 unspecified atom stereocenters. The van der Waals surface area contributed by atoms with Crippen LogP contribution in [0.5, 0.6) is 0 Å². The first-order valence-electron chi connectivity index (χ1n) is 6.01. The average molecular weight is 309 g/mol. The Bertz CT molecular complexity index is 736. The molecule has 0 saturated carbocycles. The molecule has 0 spiro atoms. The van der Waals surface area contributed by atoms with Crippen molar-refractivity contribution in [3.05, 3.63) is 27.7 Å². The monoisotopic (exact) mass is 308 g/mol. The Labute approximate surface area is 124 Å². The first-order valence-corrected chi connectivity index (χ1v) is 7.21. The predicted molar refractivity (Wildman–Crippen MR) is 82.7 cm³/mol. The van der Waals surface area contributed by atoms with Gasteiger partial charge < -0.3 is 15.2 Å². The molecule has 20 heavy (non-hydrogen) atoms. The van der Waals surface area contributed by atoms with Crippen LogP contribution in [0.15, 0.2) is 18.5 Å². The maximum Gasteiger partial charge on any atom is 0.226 e. The molecule has 3 rings (SSSR count). The topological polar surface area (TPSA) is 69.7 Å². The van der Waals surface area contributed by atoms with Crippen molar-refractivity contribution in [3.8, 4) is 0 Å². The number of anilines is 2. The van der Waals surface area contributed by atoms with E-state index < -0.39 is 0 Å². The van der Waals surface area contributed by atoms with Crippen LogP contribution in [-0.4, -0.2) is 34.0 Å². The number of nitrogens with one attached hydrogen (secondary N) is 2. The Hall–Kier alpha value is -1.86. The summed E-state index contributed by atoms with van der Waals surface area (Å²) in [4.78, 5) is 19.3. The van der Waals surface area contributed by atoms with E-state index in [1.807, 2.05) is 24.1 Å². The average Bonchev–Trinajstić information content (AvgIpc) is 3.06. The van der Waals surface area contributed by atoms with E-state index in [0.717, 1.165) is 22.2 Å². The summed E-state index contributed by atoms with van der Waals surface area (Å²) >= 11 is 7.53. The molecular formula is C12H13ClN6S. The van der Waals surface area contributed by atoms with Gasteiger partial charge in [0.1, 0.15) is 5.52 Å². The molecule has 104 valence electrons. The van der Waals surface area contributed by atoms with Crippen molar-refractivity contribution >= 4 is 45.9 Å². The highest BCUT2D eigenvalue weighted by atomic mass is 35.5. The highest BCUT2D eigenvalue weighted by molar-refractivity contribution is 7.16. The SMILES string of the molecule is CNc1nc(N(C)Cc2ccc(Cl)s2)c2[nH]cnc2n1. The van der Waals surface area contributed by atoms with Gasteiger partial charge in [-0.3, -0.25) is 0 Å². The summed E-state index contributed by atoms with van der Waals surface area (Å²) in [5.74, 6) is 1.36. The molecule has 3 aromatic heterocycles. The van der Waals surface area contributed by atoms with Gasteiger partial charge in [0.25, 0.3) is 0 Å². The number of H-pyrrole nitrogens is 1. The molecule has 0 atom stereocenters. The number of aromatic nitrogens is 4. The minimum atomic E-state index is 0.552. The first-order chi connectivity index (χ1) is 9.67. The van der Waals surface area contributed by atoms with E-state index in [2.05, 4.69) is 25.3 Å². The van der Waals surface area contributed by atoms with Crippen molar-refractivity contribution in [2.75, 3.05) is 24.3 Å². The van der Waals surface area contributed by atoms with E-state index in [0.29, 0.717) is 11.6 Å². The number of thiophene rings is 1. The fraction of sp³-hybridized carbons (Fsp3) is 0.250. The summed E-state index contributed by atoms with van der Waals surface area (Å²) in [6.45, 7) is 0.728. The summed E-state index contributed by atoms with van der Waals surface area (Å²) in [5, 5.41) is 2.95. The molecule has 0 aromatic carbocycles. The van der Waals surface area contributed by atoms with Crippen LogP contribution in [0.2, 0.25) is 4.34 Å². The van der Waals surface area contributed by atoms with Gasteiger partial charge in [-0.25, -0.2) is 4.98 Å². The van der Waals surface area contributed by atoms with E-state index in [9.17, 15) is 0 Å².